The number of anilines is 7. The van der Waals surface area contributed by atoms with Crippen LogP contribution in [0.1, 0.15) is 106 Å². The number of aromatic nitrogens is 10. The van der Waals surface area contributed by atoms with Crippen molar-refractivity contribution in [3.63, 3.8) is 0 Å². The van der Waals surface area contributed by atoms with Gasteiger partial charge in [0.15, 0.2) is 17.5 Å². The fourth-order valence-corrected chi connectivity index (χ4v) is 8.59. The normalized spacial score (nSPS) is 11.2. The number of aromatic amines is 2. The fraction of sp³-hybridized carbons (Fsp3) is 0.333. The van der Waals surface area contributed by atoms with E-state index in [2.05, 4.69) is 83.4 Å². The van der Waals surface area contributed by atoms with Crippen LogP contribution in [0, 0.1) is 0 Å². The van der Waals surface area contributed by atoms with Gasteiger partial charge in [0.1, 0.15) is 34.4 Å². The van der Waals surface area contributed by atoms with Gasteiger partial charge in [0.05, 0.1) is 41.2 Å². The van der Waals surface area contributed by atoms with Crippen LogP contribution in [0.5, 0.6) is 0 Å². The Morgan fingerprint density at radius 1 is 0.506 bits per heavy atom. The zero-order valence-electron chi connectivity index (χ0n) is 49.9. The van der Waals surface area contributed by atoms with E-state index in [4.69, 9.17) is 5.73 Å². The number of carbonyl (C=O) groups is 11. The SMILES string of the molecule is CC(=O)Nc1cnc(C(=O)NCCC(=O)Nc2cnc(C(=O)Nc3cc(C(=O)NCC[C@@H](N)C(=O)Nc4cn(C)c(C(=O)Nc5cc(C(=O)Nc6cc(C(=O)Nc7cc(C(=O)NCCC(=O)NCCCN(C)C)n(C)c7)n(C)c6)n(C)c5)n4)n(C)c3)[nH]2)[nH]1.O. The van der Waals surface area contributed by atoms with Crippen molar-refractivity contribution in [2.24, 2.45) is 41.0 Å². The van der Waals surface area contributed by atoms with Crippen LogP contribution in [0.2, 0.25) is 0 Å². The Morgan fingerprint density at radius 3 is 1.45 bits per heavy atom. The van der Waals surface area contributed by atoms with Crippen molar-refractivity contribution in [3.8, 4) is 0 Å². The molecule has 0 spiro atoms. The molecular weight excluding hydrogens is 1160 g/mol. The van der Waals surface area contributed by atoms with E-state index in [9.17, 15) is 52.7 Å². The molecule has 17 N–H and O–H groups in total. The summed E-state index contributed by atoms with van der Waals surface area (Å²) in [7, 11) is 11.9. The summed E-state index contributed by atoms with van der Waals surface area (Å²) in [5.74, 6) is -5.65. The van der Waals surface area contributed by atoms with Gasteiger partial charge in [-0.3, -0.25) is 52.7 Å². The van der Waals surface area contributed by atoms with Gasteiger partial charge in [0.2, 0.25) is 29.5 Å². The maximum Gasteiger partial charge on any atom is 0.291 e. The maximum atomic E-state index is 13.5. The number of nitrogens with one attached hydrogen (secondary N) is 13. The minimum absolute atomic E-state index is 0. The van der Waals surface area contributed by atoms with Gasteiger partial charge < -0.3 is 107 Å². The molecule has 474 valence electrons. The Morgan fingerprint density at radius 2 is 0.944 bits per heavy atom. The highest BCUT2D eigenvalue weighted by atomic mass is 16.2. The van der Waals surface area contributed by atoms with Crippen molar-refractivity contribution in [1.29, 1.82) is 0 Å². The predicted molar refractivity (Wildman–Crippen MR) is 324 cm³/mol. The van der Waals surface area contributed by atoms with Crippen LogP contribution < -0.4 is 64.2 Å². The molecule has 0 radical (unpaired) electrons. The standard InChI is InChI=1S/C54H69N23O11.H2O/c1-29(78)62-39-22-60-44(68-39)52(86)59-16-12-43(80)67-40-23-61-45(69-40)53(87)65-32-19-36(74(5)26-32)48(82)57-14-10-34(55)47(81)71-41-28-77(8)46(70-41)54(88)66-33-21-38(76(7)27-33)51(85)64-31-20-37(75(6)25-31)50(84)63-30-18-35(73(4)24-30)49(83)58-15-11-42(79)56-13-9-17-72(2)3;/h18-28,34H,9-17,55H2,1-8H3,(H,56,79)(H,57,82)(H,58,83)(H,59,86)(H,60,68)(H,61,69)(H,62,78)(H,63,84)(H,64,85)(H,65,87)(H,66,88)(H,67,80)(H,71,81);1H2/t34-;/m1./s1. The molecule has 35 nitrogen and oxygen atoms in total. The fourth-order valence-electron chi connectivity index (χ4n) is 8.59. The highest BCUT2D eigenvalue weighted by Crippen LogP contribution is 2.21. The molecule has 1 atom stereocenters. The largest absolute Gasteiger partial charge is 0.412 e. The van der Waals surface area contributed by atoms with Gasteiger partial charge in [0, 0.05) is 112 Å². The van der Waals surface area contributed by atoms with Crippen LogP contribution in [0.15, 0.2) is 67.6 Å². The summed E-state index contributed by atoms with van der Waals surface area (Å²) in [6, 6.07) is 4.71. The summed E-state index contributed by atoms with van der Waals surface area (Å²) in [6.45, 7) is 2.72. The lowest BCUT2D eigenvalue weighted by Crippen LogP contribution is -2.39. The monoisotopic (exact) mass is 1230 g/mol. The van der Waals surface area contributed by atoms with E-state index in [0.717, 1.165) is 13.0 Å². The zero-order chi connectivity index (χ0) is 63.9. The van der Waals surface area contributed by atoms with E-state index in [-0.39, 0.29) is 125 Å². The van der Waals surface area contributed by atoms with Gasteiger partial charge in [-0.05, 0) is 57.7 Å². The summed E-state index contributed by atoms with van der Waals surface area (Å²) in [5.41, 5.74) is 8.03. The van der Waals surface area contributed by atoms with Crippen LogP contribution in [-0.4, -0.2) is 176 Å². The number of amides is 11. The molecule has 7 rings (SSSR count). The zero-order valence-corrected chi connectivity index (χ0v) is 49.9. The predicted octanol–water partition coefficient (Wildman–Crippen LogP) is -0.604. The van der Waals surface area contributed by atoms with Gasteiger partial charge in [-0.1, -0.05) is 0 Å². The Hall–Kier alpha value is -11.2. The van der Waals surface area contributed by atoms with Gasteiger partial charge >= 0.3 is 0 Å². The van der Waals surface area contributed by atoms with Crippen molar-refractivity contribution in [2.45, 2.75) is 38.6 Å². The maximum absolute atomic E-state index is 13.5. The number of carbonyl (C=O) groups excluding carboxylic acids is 11. The van der Waals surface area contributed by atoms with E-state index < -0.39 is 59.2 Å². The van der Waals surface area contributed by atoms with Gasteiger partial charge in [-0.15, -0.1) is 0 Å². The lowest BCUT2D eigenvalue weighted by atomic mass is 10.2. The smallest absolute Gasteiger partial charge is 0.291 e. The van der Waals surface area contributed by atoms with Crippen LogP contribution in [0.25, 0.3) is 0 Å². The van der Waals surface area contributed by atoms with Crippen molar-refractivity contribution < 1.29 is 58.2 Å². The van der Waals surface area contributed by atoms with E-state index in [0.29, 0.717) is 17.9 Å². The van der Waals surface area contributed by atoms with Gasteiger partial charge in [0.25, 0.3) is 41.4 Å². The first-order valence-corrected chi connectivity index (χ1v) is 27.2. The van der Waals surface area contributed by atoms with E-state index in [1.54, 1.807) is 45.2 Å². The van der Waals surface area contributed by atoms with Crippen molar-refractivity contribution >= 4 is 105 Å². The molecule has 0 saturated carbocycles. The number of hydrogen-bond acceptors (Lipinski definition) is 16. The van der Waals surface area contributed by atoms with Crippen molar-refractivity contribution in [2.75, 3.05) is 84.0 Å². The minimum atomic E-state index is -1.12. The molecule has 0 aromatic carbocycles. The minimum Gasteiger partial charge on any atom is -0.412 e. The van der Waals surface area contributed by atoms with Crippen LogP contribution in [-0.2, 0) is 54.4 Å². The van der Waals surface area contributed by atoms with Gasteiger partial charge in [-0.2, -0.15) is 0 Å². The summed E-state index contributed by atoms with van der Waals surface area (Å²) in [4.78, 5) is 160. The molecule has 0 saturated heterocycles. The third-order valence-corrected chi connectivity index (χ3v) is 12.9. The molecule has 0 aliphatic rings. The van der Waals surface area contributed by atoms with Gasteiger partial charge in [-0.25, -0.2) is 15.0 Å². The molecule has 7 heterocycles. The molecule has 89 heavy (non-hydrogen) atoms. The number of aryl methyl sites for hydroxylation is 5. The lowest BCUT2D eigenvalue weighted by Gasteiger charge is -2.11. The Bertz CT molecular complexity index is 3780. The molecule has 0 bridgehead atoms. The Balaban J connectivity index is 0.0000126. The van der Waals surface area contributed by atoms with Crippen molar-refractivity contribution in [3.05, 3.63) is 108 Å². The number of rotatable bonds is 28. The molecule has 0 aliphatic heterocycles. The summed E-state index contributed by atoms with van der Waals surface area (Å²) >= 11 is 0. The van der Waals surface area contributed by atoms with Crippen LogP contribution in [0.4, 0.5) is 40.2 Å². The first kappa shape index (κ1) is 66.9. The number of nitrogens with zero attached hydrogens (tertiary/aromatic N) is 9. The number of hydrogen-bond donors (Lipinski definition) is 14. The molecule has 7 aromatic heterocycles. The molecule has 35 heteroatoms. The quantitative estimate of drug-likeness (QED) is 0.0272. The number of nitrogens with two attached hydrogens (primary N) is 1. The first-order valence-electron chi connectivity index (χ1n) is 27.2. The second-order valence-electron chi connectivity index (χ2n) is 20.5. The summed E-state index contributed by atoms with van der Waals surface area (Å²) < 4.78 is 7.38. The third kappa shape index (κ3) is 18.6. The second-order valence-corrected chi connectivity index (χ2v) is 20.5. The second kappa shape index (κ2) is 30.2. The van der Waals surface area contributed by atoms with Crippen LogP contribution >= 0.6 is 0 Å². The summed E-state index contributed by atoms with van der Waals surface area (Å²) in [6.07, 6.45) is 10.8. The average molecular weight is 1230 g/mol. The van der Waals surface area contributed by atoms with Crippen LogP contribution in [0.3, 0.4) is 0 Å². The highest BCUT2D eigenvalue weighted by molar-refractivity contribution is 6.09. The number of imidazole rings is 3. The van der Waals surface area contributed by atoms with E-state index >= 15 is 0 Å². The molecular formula is C54H71N23O12. The molecule has 0 aliphatic carbocycles. The molecule has 11 amide bonds. The van der Waals surface area contributed by atoms with E-state index in [1.165, 1.54) is 87.5 Å². The topological polar surface area (TPSA) is 476 Å². The third-order valence-electron chi connectivity index (χ3n) is 12.9. The number of H-pyrrole nitrogens is 2. The Labute approximate surface area is 507 Å². The van der Waals surface area contributed by atoms with E-state index in [1.807, 2.05) is 19.0 Å². The highest BCUT2D eigenvalue weighted by Gasteiger charge is 2.24. The average Bonchev–Trinajstić information content (AvgIpc) is 2.99. The summed E-state index contributed by atoms with van der Waals surface area (Å²) in [5, 5.41) is 29.2. The molecule has 7 aromatic rings. The molecule has 0 unspecified atom stereocenters. The van der Waals surface area contributed by atoms with Crippen molar-refractivity contribution in [1.82, 2.24) is 73.9 Å². The lowest BCUT2D eigenvalue weighted by molar-refractivity contribution is -0.121. The first-order chi connectivity index (χ1) is 41.8. The molecule has 0 fully saturated rings. The Kier molecular flexibility index (Phi) is 22.7.